The molecule has 0 aliphatic carbocycles. The molecule has 8 nitrogen and oxygen atoms in total. The number of pyridine rings is 1. The molecule has 0 unspecified atom stereocenters. The van der Waals surface area contributed by atoms with Crippen LogP contribution in [0.3, 0.4) is 0 Å². The molecule has 0 amide bonds. The second-order valence-corrected chi connectivity index (χ2v) is 11.6. The number of nitrogens with one attached hydrogen (secondary N) is 2. The van der Waals surface area contributed by atoms with Crippen molar-refractivity contribution < 1.29 is 13.2 Å². The van der Waals surface area contributed by atoms with Crippen LogP contribution < -0.4 is 19.7 Å². The van der Waals surface area contributed by atoms with Gasteiger partial charge in [-0.2, -0.15) is 0 Å². The summed E-state index contributed by atoms with van der Waals surface area (Å²) in [5.74, 6) is 0.354. The van der Waals surface area contributed by atoms with Crippen molar-refractivity contribution in [2.45, 2.75) is 12.1 Å². The minimum absolute atomic E-state index is 0.303. The summed E-state index contributed by atoms with van der Waals surface area (Å²) in [6, 6.07) is 19.6. The molecule has 38 heavy (non-hydrogen) atoms. The zero-order valence-electron chi connectivity index (χ0n) is 20.3. The van der Waals surface area contributed by atoms with E-state index in [0.717, 1.165) is 23.3 Å². The molecule has 2 N–H and O–H groups in total. The van der Waals surface area contributed by atoms with Gasteiger partial charge in [-0.1, -0.05) is 29.3 Å². The summed E-state index contributed by atoms with van der Waals surface area (Å²) in [6.45, 7) is 0. The maximum atomic E-state index is 11.9. The van der Waals surface area contributed by atoms with Crippen molar-refractivity contribution in [3.63, 3.8) is 0 Å². The van der Waals surface area contributed by atoms with E-state index >= 15 is 0 Å². The summed E-state index contributed by atoms with van der Waals surface area (Å²) >= 11 is 18.6. The SMILES string of the molecule is COc1cc(N2C(=S)N[C@H](c3ccccn3)[C@@H]2c2cccn2-c2ccc(Cl)cc2Cl)ccc1NS(C)(=O)=O. The first kappa shape index (κ1) is 26.3. The topological polar surface area (TPSA) is 88.5 Å². The Morgan fingerprint density at radius 2 is 1.89 bits per heavy atom. The van der Waals surface area contributed by atoms with Gasteiger partial charge in [-0.3, -0.25) is 9.71 Å². The highest BCUT2D eigenvalue weighted by molar-refractivity contribution is 7.92. The van der Waals surface area contributed by atoms with E-state index in [4.69, 9.17) is 40.2 Å². The molecular formula is C26H23Cl2N5O3S2. The predicted octanol–water partition coefficient (Wildman–Crippen LogP) is 5.74. The number of thiocarbonyl (C=S) groups is 1. The molecule has 1 aliphatic heterocycles. The molecule has 3 heterocycles. The van der Waals surface area contributed by atoms with Crippen molar-refractivity contribution in [2.75, 3.05) is 23.0 Å². The molecule has 12 heteroatoms. The number of ether oxygens (including phenoxy) is 1. The van der Waals surface area contributed by atoms with Gasteiger partial charge in [0.25, 0.3) is 0 Å². The van der Waals surface area contributed by atoms with Crippen molar-refractivity contribution in [2.24, 2.45) is 0 Å². The molecule has 1 fully saturated rings. The van der Waals surface area contributed by atoms with E-state index in [1.165, 1.54) is 7.11 Å². The minimum atomic E-state index is -3.50. The minimum Gasteiger partial charge on any atom is -0.494 e. The van der Waals surface area contributed by atoms with Crippen molar-refractivity contribution in [3.05, 3.63) is 101 Å². The number of nitrogens with zero attached hydrogens (tertiary/aromatic N) is 3. The Hall–Kier alpha value is -3.31. The summed E-state index contributed by atoms with van der Waals surface area (Å²) in [5.41, 5.74) is 3.50. The normalized spacial score (nSPS) is 17.4. The standard InChI is InChI=1S/C26H23Cl2N5O3S2/c1-36-23-15-17(9-10-19(23)31-38(2,34)35)33-25(24(30-26(33)37)20-6-3-4-12-29-20)22-7-5-13-32(22)21-11-8-16(27)14-18(21)28/h3-15,24-25,31H,1-2H3,(H,30,37)/t24-,25+/m1/s1. The van der Waals surface area contributed by atoms with E-state index in [2.05, 4.69) is 15.0 Å². The second kappa shape index (κ2) is 10.5. The molecule has 0 bridgehead atoms. The Labute approximate surface area is 236 Å². The lowest BCUT2D eigenvalue weighted by Gasteiger charge is -2.29. The van der Waals surface area contributed by atoms with E-state index in [1.807, 2.05) is 52.1 Å². The smallest absolute Gasteiger partial charge is 0.229 e. The zero-order valence-corrected chi connectivity index (χ0v) is 23.4. The number of hydrogen-bond acceptors (Lipinski definition) is 5. The first-order valence-corrected chi connectivity index (χ1v) is 14.5. The number of sulfonamides is 1. The monoisotopic (exact) mass is 587 g/mol. The van der Waals surface area contributed by atoms with Gasteiger partial charge in [0.05, 0.1) is 41.5 Å². The van der Waals surface area contributed by atoms with Crippen molar-refractivity contribution >= 4 is 61.9 Å². The Morgan fingerprint density at radius 1 is 1.08 bits per heavy atom. The third-order valence-electron chi connectivity index (χ3n) is 6.11. The van der Waals surface area contributed by atoms with Crippen LogP contribution in [0, 0.1) is 0 Å². The van der Waals surface area contributed by atoms with E-state index < -0.39 is 10.0 Å². The number of benzene rings is 2. The van der Waals surface area contributed by atoms with Crippen LogP contribution >= 0.6 is 35.4 Å². The van der Waals surface area contributed by atoms with Crippen molar-refractivity contribution in [1.82, 2.24) is 14.9 Å². The average Bonchev–Trinajstić information content (AvgIpc) is 3.48. The van der Waals surface area contributed by atoms with Gasteiger partial charge in [0, 0.05) is 34.9 Å². The van der Waals surface area contributed by atoms with Gasteiger partial charge < -0.3 is 19.5 Å². The molecule has 0 spiro atoms. The largest absolute Gasteiger partial charge is 0.494 e. The first-order valence-electron chi connectivity index (χ1n) is 11.5. The van der Waals surface area contributed by atoms with Gasteiger partial charge in [0.1, 0.15) is 11.8 Å². The summed E-state index contributed by atoms with van der Waals surface area (Å²) in [5, 5.41) is 4.95. The van der Waals surface area contributed by atoms with Crippen LogP contribution in [0.2, 0.25) is 10.0 Å². The number of anilines is 2. The molecule has 4 aromatic rings. The third kappa shape index (κ3) is 5.17. The van der Waals surface area contributed by atoms with Gasteiger partial charge in [-0.05, 0) is 66.8 Å². The maximum absolute atomic E-state index is 11.9. The summed E-state index contributed by atoms with van der Waals surface area (Å²) in [7, 11) is -2.02. The molecule has 5 rings (SSSR count). The molecule has 0 radical (unpaired) electrons. The fraction of sp³-hybridized carbons (Fsp3) is 0.154. The highest BCUT2D eigenvalue weighted by Crippen LogP contribution is 2.44. The summed E-state index contributed by atoms with van der Waals surface area (Å²) in [6.07, 6.45) is 4.76. The number of hydrogen-bond donors (Lipinski definition) is 2. The third-order valence-corrected chi connectivity index (χ3v) is 7.55. The quantitative estimate of drug-likeness (QED) is 0.267. The average molecular weight is 589 g/mol. The Kier molecular flexibility index (Phi) is 7.23. The van der Waals surface area contributed by atoms with Gasteiger partial charge in [-0.25, -0.2) is 8.42 Å². The Morgan fingerprint density at radius 3 is 2.58 bits per heavy atom. The molecule has 2 aromatic heterocycles. The van der Waals surface area contributed by atoms with Crippen LogP contribution in [-0.2, 0) is 10.0 Å². The van der Waals surface area contributed by atoms with Crippen LogP contribution in [0.5, 0.6) is 5.75 Å². The number of halogens is 2. The Bertz CT molecular complexity index is 1610. The molecule has 2 atom stereocenters. The first-order chi connectivity index (χ1) is 18.2. The molecule has 1 saturated heterocycles. The van der Waals surface area contributed by atoms with Gasteiger partial charge in [0.2, 0.25) is 10.0 Å². The molecule has 196 valence electrons. The van der Waals surface area contributed by atoms with Gasteiger partial charge >= 0.3 is 0 Å². The number of rotatable bonds is 7. The van der Waals surface area contributed by atoms with E-state index in [-0.39, 0.29) is 12.1 Å². The van der Waals surface area contributed by atoms with Crippen LogP contribution in [0.1, 0.15) is 23.5 Å². The fourth-order valence-electron chi connectivity index (χ4n) is 4.58. The van der Waals surface area contributed by atoms with Crippen molar-refractivity contribution in [3.8, 4) is 11.4 Å². The van der Waals surface area contributed by atoms with Crippen LogP contribution in [0.4, 0.5) is 11.4 Å². The lowest BCUT2D eigenvalue weighted by molar-refractivity contribution is 0.417. The van der Waals surface area contributed by atoms with E-state index in [1.54, 1.807) is 36.5 Å². The lowest BCUT2D eigenvalue weighted by atomic mass is 10.0. The number of aromatic nitrogens is 2. The van der Waals surface area contributed by atoms with Crippen molar-refractivity contribution in [1.29, 1.82) is 0 Å². The van der Waals surface area contributed by atoms with Crippen LogP contribution in [0.25, 0.3) is 5.69 Å². The molecule has 0 saturated carbocycles. The Balaban J connectivity index is 1.66. The lowest BCUT2D eigenvalue weighted by Crippen LogP contribution is -2.30. The van der Waals surface area contributed by atoms with Gasteiger partial charge in [-0.15, -0.1) is 0 Å². The highest BCUT2D eigenvalue weighted by Gasteiger charge is 2.42. The maximum Gasteiger partial charge on any atom is 0.229 e. The highest BCUT2D eigenvalue weighted by atomic mass is 35.5. The fourth-order valence-corrected chi connectivity index (χ4v) is 5.99. The van der Waals surface area contributed by atoms with Gasteiger partial charge in [0.15, 0.2) is 5.11 Å². The predicted molar refractivity (Wildman–Crippen MR) is 155 cm³/mol. The number of methoxy groups -OCH3 is 1. The second-order valence-electron chi connectivity index (χ2n) is 8.65. The summed E-state index contributed by atoms with van der Waals surface area (Å²) in [4.78, 5) is 6.57. The van der Waals surface area contributed by atoms with Crippen LogP contribution in [-0.4, -0.2) is 36.4 Å². The van der Waals surface area contributed by atoms with E-state index in [0.29, 0.717) is 32.3 Å². The summed E-state index contributed by atoms with van der Waals surface area (Å²) < 4.78 is 33.7. The zero-order chi connectivity index (χ0) is 27.0. The molecule has 1 aliphatic rings. The molecule has 2 aromatic carbocycles. The van der Waals surface area contributed by atoms with Crippen LogP contribution in [0.15, 0.2) is 79.1 Å². The molecular weight excluding hydrogens is 565 g/mol. The van der Waals surface area contributed by atoms with E-state index in [9.17, 15) is 8.42 Å².